The molecule has 0 radical (unpaired) electrons. The van der Waals surface area contributed by atoms with E-state index in [9.17, 15) is 9.59 Å². The second-order valence-electron chi connectivity index (χ2n) is 7.31. The van der Waals surface area contributed by atoms with E-state index in [2.05, 4.69) is 0 Å². The highest BCUT2D eigenvalue weighted by Gasteiger charge is 2.31. The Bertz CT molecular complexity index is 1420. The summed E-state index contributed by atoms with van der Waals surface area (Å²) in [6, 6.07) is 14.5. The zero-order valence-corrected chi connectivity index (χ0v) is 18.3. The Morgan fingerprint density at radius 3 is 2.78 bits per heavy atom. The van der Waals surface area contributed by atoms with Crippen LogP contribution in [0.1, 0.15) is 31.0 Å². The lowest BCUT2D eigenvalue weighted by Gasteiger charge is -2.22. The van der Waals surface area contributed by atoms with Crippen molar-refractivity contribution in [1.82, 2.24) is 4.57 Å². The van der Waals surface area contributed by atoms with E-state index in [0.717, 1.165) is 11.1 Å². The quantitative estimate of drug-likeness (QED) is 0.574. The van der Waals surface area contributed by atoms with Crippen molar-refractivity contribution in [3.8, 4) is 11.5 Å². The molecule has 1 aromatic heterocycles. The number of benzene rings is 2. The summed E-state index contributed by atoms with van der Waals surface area (Å²) >= 11 is 1.29. The minimum absolute atomic E-state index is 0.190. The lowest BCUT2D eigenvalue weighted by Crippen LogP contribution is -2.35. The van der Waals surface area contributed by atoms with Crippen LogP contribution in [-0.4, -0.2) is 23.9 Å². The van der Waals surface area contributed by atoms with Crippen molar-refractivity contribution in [2.45, 2.75) is 19.9 Å². The first kappa shape index (κ1) is 20.3. The van der Waals surface area contributed by atoms with Crippen LogP contribution in [0.3, 0.4) is 0 Å². The van der Waals surface area contributed by atoms with Gasteiger partial charge in [0.1, 0.15) is 6.04 Å². The molecule has 32 heavy (non-hydrogen) atoms. The number of nitrogens with zero attached hydrogens (tertiary/aromatic N) is 2. The molecule has 0 saturated heterocycles. The highest BCUT2D eigenvalue weighted by Crippen LogP contribution is 2.33. The van der Waals surface area contributed by atoms with E-state index in [1.807, 2.05) is 48.5 Å². The van der Waals surface area contributed by atoms with Gasteiger partial charge in [-0.1, -0.05) is 47.7 Å². The molecule has 0 aliphatic carbocycles. The van der Waals surface area contributed by atoms with Gasteiger partial charge in [-0.15, -0.1) is 0 Å². The third-order valence-electron chi connectivity index (χ3n) is 5.35. The number of fused-ring (bicyclic) bond motifs is 2. The van der Waals surface area contributed by atoms with Gasteiger partial charge in [-0.3, -0.25) is 9.36 Å². The van der Waals surface area contributed by atoms with Gasteiger partial charge in [0, 0.05) is 5.70 Å². The van der Waals surface area contributed by atoms with Crippen molar-refractivity contribution in [3.63, 3.8) is 0 Å². The van der Waals surface area contributed by atoms with Crippen LogP contribution in [0.5, 0.6) is 11.5 Å². The molecule has 7 nitrogen and oxygen atoms in total. The first-order valence-corrected chi connectivity index (χ1v) is 11.0. The zero-order chi connectivity index (χ0) is 22.2. The number of hydrogen-bond donors (Lipinski definition) is 0. The predicted octanol–water partition coefficient (Wildman–Crippen LogP) is 2.64. The number of allylic oxidation sites excluding steroid dienone is 1. The fraction of sp³-hybridized carbons (Fsp3) is 0.208. The molecule has 0 saturated carbocycles. The third kappa shape index (κ3) is 3.42. The fourth-order valence-electron chi connectivity index (χ4n) is 3.85. The average Bonchev–Trinajstić information content (AvgIpc) is 3.38. The zero-order valence-electron chi connectivity index (χ0n) is 17.5. The van der Waals surface area contributed by atoms with Gasteiger partial charge in [0.15, 0.2) is 16.3 Å². The van der Waals surface area contributed by atoms with Gasteiger partial charge in [-0.25, -0.2) is 9.79 Å². The second kappa shape index (κ2) is 8.12. The molecule has 3 aromatic rings. The lowest BCUT2D eigenvalue weighted by molar-refractivity contribution is -0.138. The third-order valence-corrected chi connectivity index (χ3v) is 6.33. The smallest absolute Gasteiger partial charge is 0.338 e. The lowest BCUT2D eigenvalue weighted by atomic mass is 9.97. The molecule has 0 unspecified atom stereocenters. The summed E-state index contributed by atoms with van der Waals surface area (Å²) in [5.74, 6) is 0.866. The van der Waals surface area contributed by atoms with E-state index in [1.165, 1.54) is 15.9 Å². The van der Waals surface area contributed by atoms with E-state index in [0.29, 0.717) is 32.1 Å². The van der Waals surface area contributed by atoms with Crippen LogP contribution in [0.2, 0.25) is 0 Å². The van der Waals surface area contributed by atoms with Gasteiger partial charge in [-0.2, -0.15) is 0 Å². The molecule has 0 amide bonds. The van der Waals surface area contributed by atoms with Crippen LogP contribution in [0.25, 0.3) is 11.8 Å². The number of aromatic nitrogens is 1. The summed E-state index contributed by atoms with van der Waals surface area (Å²) < 4.78 is 18.1. The van der Waals surface area contributed by atoms with Crippen molar-refractivity contribution in [3.05, 3.63) is 84.9 Å². The van der Waals surface area contributed by atoms with Crippen molar-refractivity contribution in [2.24, 2.45) is 4.99 Å². The van der Waals surface area contributed by atoms with E-state index in [4.69, 9.17) is 19.2 Å². The van der Waals surface area contributed by atoms with Gasteiger partial charge >= 0.3 is 5.97 Å². The summed E-state index contributed by atoms with van der Waals surface area (Å²) in [6.45, 7) is 3.95. The standard InChI is InChI=1S/C24H20N2O5S/c1-3-29-23(28)20-14(2)26-22(27)19(12-15-9-10-17-18(11-15)31-13-30-17)32-24(26)25-21(20)16-7-5-4-6-8-16/h4-12,21H,3,13H2,1-2H3/b19-12-/t21-/m0/s1. The van der Waals surface area contributed by atoms with Gasteiger partial charge in [-0.05, 0) is 43.2 Å². The molecule has 0 fully saturated rings. The van der Waals surface area contributed by atoms with Crippen molar-refractivity contribution in [1.29, 1.82) is 0 Å². The molecule has 8 heteroatoms. The number of thiazole rings is 1. The number of carbonyl (C=O) groups is 1. The Morgan fingerprint density at radius 2 is 2.00 bits per heavy atom. The van der Waals surface area contributed by atoms with Gasteiger partial charge in [0.25, 0.3) is 5.56 Å². The van der Waals surface area contributed by atoms with Crippen LogP contribution >= 0.6 is 11.3 Å². The van der Waals surface area contributed by atoms with Crippen LogP contribution in [0.15, 0.2) is 63.9 Å². The summed E-state index contributed by atoms with van der Waals surface area (Å²) in [5.41, 5.74) is 2.37. The Balaban J connectivity index is 1.69. The molecule has 2 aliphatic heterocycles. The van der Waals surface area contributed by atoms with Crippen molar-refractivity contribution < 1.29 is 19.0 Å². The fourth-order valence-corrected chi connectivity index (χ4v) is 4.89. The van der Waals surface area contributed by atoms with Crippen LogP contribution in [0, 0.1) is 0 Å². The van der Waals surface area contributed by atoms with Crippen LogP contribution in [0.4, 0.5) is 0 Å². The van der Waals surface area contributed by atoms with E-state index in [1.54, 1.807) is 19.9 Å². The molecular weight excluding hydrogens is 428 g/mol. The van der Waals surface area contributed by atoms with Crippen molar-refractivity contribution in [2.75, 3.05) is 13.4 Å². The van der Waals surface area contributed by atoms with E-state index < -0.39 is 12.0 Å². The molecule has 162 valence electrons. The highest BCUT2D eigenvalue weighted by molar-refractivity contribution is 7.07. The Hall–Kier alpha value is -3.65. The average molecular weight is 449 g/mol. The van der Waals surface area contributed by atoms with Gasteiger partial charge < -0.3 is 14.2 Å². The molecule has 3 heterocycles. The normalized spacial score (nSPS) is 17.2. The maximum absolute atomic E-state index is 13.3. The SMILES string of the molecule is CCOC(=O)C1=C(C)n2c(s/c(=C\c3ccc4c(c3)OCO4)c2=O)=N[C@H]1c1ccccc1. The molecular formula is C24H20N2O5S. The number of rotatable bonds is 4. The Morgan fingerprint density at radius 1 is 1.22 bits per heavy atom. The molecule has 2 aromatic carbocycles. The minimum atomic E-state index is -0.535. The van der Waals surface area contributed by atoms with Crippen molar-refractivity contribution >= 4 is 29.1 Å². The summed E-state index contributed by atoms with van der Waals surface area (Å²) in [4.78, 5) is 31.4. The van der Waals surface area contributed by atoms with Gasteiger partial charge in [0.05, 0.1) is 16.7 Å². The number of hydrogen-bond acceptors (Lipinski definition) is 7. The first-order valence-electron chi connectivity index (χ1n) is 10.2. The topological polar surface area (TPSA) is 79.1 Å². The maximum atomic E-state index is 13.3. The predicted molar refractivity (Wildman–Crippen MR) is 120 cm³/mol. The first-order chi connectivity index (χ1) is 15.6. The molecule has 0 bridgehead atoms. The molecule has 0 N–H and O–H groups in total. The highest BCUT2D eigenvalue weighted by atomic mass is 32.1. The molecule has 5 rings (SSSR count). The Labute approximate surface area is 187 Å². The largest absolute Gasteiger partial charge is 0.463 e. The van der Waals surface area contributed by atoms with Crippen LogP contribution < -0.4 is 24.4 Å². The summed E-state index contributed by atoms with van der Waals surface area (Å²) in [6.07, 6.45) is 1.80. The monoisotopic (exact) mass is 448 g/mol. The molecule has 1 atom stereocenters. The van der Waals surface area contributed by atoms with E-state index >= 15 is 0 Å². The maximum Gasteiger partial charge on any atom is 0.338 e. The summed E-state index contributed by atoms with van der Waals surface area (Å²) in [5, 5.41) is 0. The van der Waals surface area contributed by atoms with Crippen LogP contribution in [-0.2, 0) is 9.53 Å². The second-order valence-corrected chi connectivity index (χ2v) is 8.32. The molecule has 0 spiro atoms. The number of ether oxygens (including phenoxy) is 3. The van der Waals surface area contributed by atoms with E-state index in [-0.39, 0.29) is 19.0 Å². The van der Waals surface area contributed by atoms with Gasteiger partial charge in [0.2, 0.25) is 6.79 Å². The Kier molecular flexibility index (Phi) is 5.14. The number of carbonyl (C=O) groups excluding carboxylic acids is 1. The molecule has 2 aliphatic rings. The minimum Gasteiger partial charge on any atom is -0.463 e. The number of esters is 1. The summed E-state index contributed by atoms with van der Waals surface area (Å²) in [7, 11) is 0.